The van der Waals surface area contributed by atoms with Crippen LogP contribution < -0.4 is 4.74 Å². The molecule has 1 aliphatic heterocycles. The van der Waals surface area contributed by atoms with Gasteiger partial charge in [-0.2, -0.15) is 0 Å². The van der Waals surface area contributed by atoms with Gasteiger partial charge in [-0.15, -0.1) is 0 Å². The molecule has 0 N–H and O–H groups in total. The van der Waals surface area contributed by atoms with Crippen molar-refractivity contribution in [3.05, 3.63) is 101 Å². The van der Waals surface area contributed by atoms with Gasteiger partial charge in [0, 0.05) is 18.8 Å². The van der Waals surface area contributed by atoms with E-state index in [0.717, 1.165) is 51.3 Å². The summed E-state index contributed by atoms with van der Waals surface area (Å²) in [6, 6.07) is 27.0. The van der Waals surface area contributed by atoms with Crippen molar-refractivity contribution in [1.29, 1.82) is 0 Å². The number of hydrogen-bond donors (Lipinski definition) is 0. The van der Waals surface area contributed by atoms with Crippen LogP contribution in [0.25, 0.3) is 0 Å². The van der Waals surface area contributed by atoms with Gasteiger partial charge in [-0.05, 0) is 78.8 Å². The Bertz CT molecular complexity index is 1120. The molecule has 1 saturated heterocycles. The molecule has 0 aromatic heterocycles. The van der Waals surface area contributed by atoms with Crippen molar-refractivity contribution < 1.29 is 14.2 Å². The summed E-state index contributed by atoms with van der Waals surface area (Å²) in [6.07, 6.45) is 6.69. The molecule has 0 unspecified atom stereocenters. The summed E-state index contributed by atoms with van der Waals surface area (Å²) < 4.78 is 17.6. The van der Waals surface area contributed by atoms with E-state index in [1.807, 2.05) is 0 Å². The molecule has 2 atom stereocenters. The Labute approximate surface area is 209 Å². The van der Waals surface area contributed by atoms with Crippen molar-refractivity contribution in [3.8, 4) is 5.75 Å². The summed E-state index contributed by atoms with van der Waals surface area (Å²) >= 11 is 0. The molecule has 3 heteroatoms. The lowest BCUT2D eigenvalue weighted by Crippen LogP contribution is -2.44. The first-order valence-corrected chi connectivity index (χ1v) is 13.3. The third-order valence-corrected chi connectivity index (χ3v) is 8.27. The average molecular weight is 469 g/mol. The first kappa shape index (κ1) is 22.8. The molecule has 6 rings (SSSR count). The van der Waals surface area contributed by atoms with Crippen molar-refractivity contribution in [1.82, 2.24) is 0 Å². The molecular formula is C32H36O3. The third kappa shape index (κ3) is 4.77. The van der Waals surface area contributed by atoms with Gasteiger partial charge in [-0.25, -0.2) is 0 Å². The summed E-state index contributed by atoms with van der Waals surface area (Å²) in [4.78, 5) is 0. The largest absolute Gasteiger partial charge is 0.494 e. The third-order valence-electron chi connectivity index (χ3n) is 8.27. The molecule has 0 amide bonds. The number of ether oxygens (including phenoxy) is 3. The van der Waals surface area contributed by atoms with Crippen molar-refractivity contribution in [2.24, 2.45) is 5.92 Å². The SMILES string of the molecule is Cc1ccc2c(c1)CC[C@H](c1ccccc1)[C@@H]2c1ccc(OCCCC2CC3(C2)OCCO3)cc1. The standard InChI is InChI=1S/C32H36O3/c1-23-9-15-30-27(20-23)12-16-29(25-7-3-2-4-8-25)31(30)26-10-13-28(14-11-26)33-17-5-6-24-21-32(22-24)34-18-19-35-32/h2-4,7-11,13-15,20,24,29,31H,5-6,12,16-19,21-22H2,1H3/t29-,31+/m1/s1. The topological polar surface area (TPSA) is 27.7 Å². The van der Waals surface area contributed by atoms with Gasteiger partial charge >= 0.3 is 0 Å². The molecule has 3 aromatic rings. The van der Waals surface area contributed by atoms with Crippen LogP contribution in [0.2, 0.25) is 0 Å². The van der Waals surface area contributed by atoms with Gasteiger partial charge in [0.15, 0.2) is 5.79 Å². The first-order valence-electron chi connectivity index (χ1n) is 13.3. The lowest BCUT2D eigenvalue weighted by atomic mass is 9.69. The number of aryl methyl sites for hydroxylation is 2. The molecular weight excluding hydrogens is 432 g/mol. The number of hydrogen-bond acceptors (Lipinski definition) is 3. The minimum atomic E-state index is -0.227. The van der Waals surface area contributed by atoms with Gasteiger partial charge in [-0.1, -0.05) is 66.2 Å². The second-order valence-corrected chi connectivity index (χ2v) is 10.7. The molecule has 2 fully saturated rings. The molecule has 0 radical (unpaired) electrons. The molecule has 2 aliphatic carbocycles. The van der Waals surface area contributed by atoms with E-state index >= 15 is 0 Å². The molecule has 0 bridgehead atoms. The van der Waals surface area contributed by atoms with Crippen molar-refractivity contribution >= 4 is 0 Å². The van der Waals surface area contributed by atoms with Gasteiger partial charge < -0.3 is 14.2 Å². The molecule has 1 spiro atoms. The summed E-state index contributed by atoms with van der Waals surface area (Å²) in [5.74, 6) is 2.33. The minimum absolute atomic E-state index is 0.227. The molecule has 3 aromatic carbocycles. The number of rotatable bonds is 7. The monoisotopic (exact) mass is 468 g/mol. The van der Waals surface area contributed by atoms with Gasteiger partial charge in [0.25, 0.3) is 0 Å². The van der Waals surface area contributed by atoms with Gasteiger partial charge in [0.1, 0.15) is 5.75 Å². The van der Waals surface area contributed by atoms with E-state index in [0.29, 0.717) is 17.8 Å². The quantitative estimate of drug-likeness (QED) is 0.344. The van der Waals surface area contributed by atoms with E-state index < -0.39 is 0 Å². The van der Waals surface area contributed by atoms with Crippen LogP contribution in [0.1, 0.15) is 71.8 Å². The van der Waals surface area contributed by atoms with E-state index in [9.17, 15) is 0 Å². The van der Waals surface area contributed by atoms with E-state index in [1.165, 1.54) is 40.7 Å². The van der Waals surface area contributed by atoms with Crippen LogP contribution >= 0.6 is 0 Å². The first-order chi connectivity index (χ1) is 17.2. The van der Waals surface area contributed by atoms with Crippen LogP contribution in [0.15, 0.2) is 72.8 Å². The second kappa shape index (κ2) is 9.79. The second-order valence-electron chi connectivity index (χ2n) is 10.7. The van der Waals surface area contributed by atoms with Crippen LogP contribution in [0.3, 0.4) is 0 Å². The highest BCUT2D eigenvalue weighted by Gasteiger charge is 2.48. The van der Waals surface area contributed by atoms with Crippen molar-refractivity contribution in [3.63, 3.8) is 0 Å². The zero-order valence-corrected chi connectivity index (χ0v) is 20.7. The van der Waals surface area contributed by atoms with Crippen LogP contribution in [0.5, 0.6) is 5.75 Å². The van der Waals surface area contributed by atoms with E-state index in [-0.39, 0.29) is 5.79 Å². The van der Waals surface area contributed by atoms with E-state index in [4.69, 9.17) is 14.2 Å². The van der Waals surface area contributed by atoms with E-state index in [1.54, 1.807) is 0 Å². The van der Waals surface area contributed by atoms with Crippen LogP contribution in [0.4, 0.5) is 0 Å². The summed E-state index contributed by atoms with van der Waals surface area (Å²) in [5.41, 5.74) is 7.17. The summed E-state index contributed by atoms with van der Waals surface area (Å²) in [6.45, 7) is 4.47. The zero-order valence-electron chi connectivity index (χ0n) is 20.7. The fourth-order valence-corrected chi connectivity index (χ4v) is 6.51. The zero-order chi connectivity index (χ0) is 23.7. The van der Waals surface area contributed by atoms with Crippen LogP contribution in [0, 0.1) is 12.8 Å². The maximum absolute atomic E-state index is 6.12. The highest BCUT2D eigenvalue weighted by Crippen LogP contribution is 2.47. The molecule has 1 heterocycles. The Hall–Kier alpha value is -2.62. The van der Waals surface area contributed by atoms with Gasteiger partial charge in [0.05, 0.1) is 19.8 Å². The van der Waals surface area contributed by atoms with Gasteiger partial charge in [0.2, 0.25) is 0 Å². The normalized spacial score (nSPS) is 23.1. The number of benzene rings is 3. The Morgan fingerprint density at radius 3 is 2.43 bits per heavy atom. The Morgan fingerprint density at radius 1 is 0.886 bits per heavy atom. The predicted molar refractivity (Wildman–Crippen MR) is 139 cm³/mol. The highest BCUT2D eigenvalue weighted by molar-refractivity contribution is 5.47. The highest BCUT2D eigenvalue weighted by atomic mass is 16.7. The van der Waals surface area contributed by atoms with Crippen molar-refractivity contribution in [2.75, 3.05) is 19.8 Å². The maximum Gasteiger partial charge on any atom is 0.169 e. The number of fused-ring (bicyclic) bond motifs is 1. The molecule has 35 heavy (non-hydrogen) atoms. The molecule has 3 nitrogen and oxygen atoms in total. The minimum Gasteiger partial charge on any atom is -0.494 e. The summed E-state index contributed by atoms with van der Waals surface area (Å²) in [5, 5.41) is 0. The fourth-order valence-electron chi connectivity index (χ4n) is 6.51. The van der Waals surface area contributed by atoms with Crippen molar-refractivity contribution in [2.45, 2.75) is 63.1 Å². The van der Waals surface area contributed by atoms with E-state index in [2.05, 4.69) is 79.7 Å². The van der Waals surface area contributed by atoms with Crippen LogP contribution in [-0.4, -0.2) is 25.6 Å². The molecule has 182 valence electrons. The molecule has 3 aliphatic rings. The summed E-state index contributed by atoms with van der Waals surface area (Å²) in [7, 11) is 0. The molecule has 1 saturated carbocycles. The smallest absolute Gasteiger partial charge is 0.169 e. The average Bonchev–Trinajstić information content (AvgIpc) is 3.37. The van der Waals surface area contributed by atoms with Crippen LogP contribution in [-0.2, 0) is 15.9 Å². The predicted octanol–water partition coefficient (Wildman–Crippen LogP) is 7.17. The van der Waals surface area contributed by atoms with Gasteiger partial charge in [-0.3, -0.25) is 0 Å². The Kier molecular flexibility index (Phi) is 6.39. The lowest BCUT2D eigenvalue weighted by molar-refractivity contribution is -0.231. The fraction of sp³-hybridized carbons (Fsp3) is 0.438. The lowest BCUT2D eigenvalue weighted by Gasteiger charge is -2.43. The Morgan fingerprint density at radius 2 is 1.66 bits per heavy atom. The maximum atomic E-state index is 6.12. The Balaban J connectivity index is 1.11.